The largest absolute Gasteiger partial charge is 0.417 e. The number of hydrogen-bond donors (Lipinski definition) is 0. The highest BCUT2D eigenvalue weighted by Gasteiger charge is 2.31. The number of carbonyl (C=O) groups excluding carboxylic acids is 1. The van der Waals surface area contributed by atoms with Gasteiger partial charge in [-0.05, 0) is 24.3 Å². The maximum absolute atomic E-state index is 12.8. The van der Waals surface area contributed by atoms with E-state index >= 15 is 0 Å². The highest BCUT2D eigenvalue weighted by molar-refractivity contribution is 6.14. The van der Waals surface area contributed by atoms with Crippen LogP contribution in [0.15, 0.2) is 60.2 Å². The van der Waals surface area contributed by atoms with Crippen LogP contribution in [-0.2, 0) is 11.0 Å². The number of anilines is 1. The number of rotatable bonds is 3. The van der Waals surface area contributed by atoms with Gasteiger partial charge in [0.15, 0.2) is 0 Å². The van der Waals surface area contributed by atoms with E-state index in [1.165, 1.54) is 24.1 Å². The molecule has 10 heteroatoms. The standard InChI is InChI=1S/C18H15F3N6O/c1-12(28)25-17(14-6-8-22-11-15(14)27-9-3-7-24-27)26(2)16-5-4-13(10-23-16)18(19,20)21/h3-11H,1-2H3. The van der Waals surface area contributed by atoms with Gasteiger partial charge in [0, 0.05) is 44.3 Å². The Balaban J connectivity index is 2.07. The van der Waals surface area contributed by atoms with Crippen LogP contribution in [0, 0.1) is 0 Å². The van der Waals surface area contributed by atoms with Gasteiger partial charge < -0.3 is 4.90 Å². The maximum atomic E-state index is 12.8. The maximum Gasteiger partial charge on any atom is 0.417 e. The van der Waals surface area contributed by atoms with Crippen molar-refractivity contribution in [3.05, 3.63) is 66.4 Å². The van der Waals surface area contributed by atoms with E-state index in [1.807, 2.05) is 0 Å². The van der Waals surface area contributed by atoms with Gasteiger partial charge in [-0.25, -0.2) is 9.67 Å². The Labute approximate surface area is 158 Å². The number of amides is 1. The Morgan fingerprint density at radius 2 is 1.96 bits per heavy atom. The van der Waals surface area contributed by atoms with Crippen molar-refractivity contribution in [2.75, 3.05) is 11.9 Å². The topological polar surface area (TPSA) is 76.3 Å². The predicted molar refractivity (Wildman–Crippen MR) is 96.2 cm³/mol. The molecular weight excluding hydrogens is 373 g/mol. The van der Waals surface area contributed by atoms with Crippen molar-refractivity contribution in [3.8, 4) is 5.69 Å². The van der Waals surface area contributed by atoms with Crippen molar-refractivity contribution in [2.45, 2.75) is 13.1 Å². The molecule has 0 radical (unpaired) electrons. The molecule has 144 valence electrons. The fourth-order valence-corrected chi connectivity index (χ4v) is 2.49. The first kappa shape index (κ1) is 19.2. The number of alkyl halides is 3. The number of nitrogens with zero attached hydrogens (tertiary/aromatic N) is 6. The monoisotopic (exact) mass is 388 g/mol. The number of halogens is 3. The van der Waals surface area contributed by atoms with Crippen LogP contribution in [-0.4, -0.2) is 38.5 Å². The summed E-state index contributed by atoms with van der Waals surface area (Å²) in [4.78, 5) is 25.1. The highest BCUT2D eigenvalue weighted by Crippen LogP contribution is 2.29. The van der Waals surface area contributed by atoms with Crippen molar-refractivity contribution < 1.29 is 18.0 Å². The van der Waals surface area contributed by atoms with Gasteiger partial charge in [-0.1, -0.05) is 0 Å². The molecule has 0 N–H and O–H groups in total. The molecule has 3 aromatic rings. The molecule has 0 fully saturated rings. The minimum atomic E-state index is -4.49. The summed E-state index contributed by atoms with van der Waals surface area (Å²) in [7, 11) is 1.56. The van der Waals surface area contributed by atoms with Crippen LogP contribution in [0.1, 0.15) is 18.1 Å². The van der Waals surface area contributed by atoms with Crippen LogP contribution in [0.4, 0.5) is 19.0 Å². The van der Waals surface area contributed by atoms with Crippen LogP contribution in [0.25, 0.3) is 5.69 Å². The van der Waals surface area contributed by atoms with Crippen LogP contribution < -0.4 is 4.90 Å². The van der Waals surface area contributed by atoms with E-state index < -0.39 is 17.6 Å². The number of hydrogen-bond acceptors (Lipinski definition) is 4. The van der Waals surface area contributed by atoms with E-state index in [-0.39, 0.29) is 11.7 Å². The second-order valence-electron chi connectivity index (χ2n) is 5.76. The Kier molecular flexibility index (Phi) is 5.21. The van der Waals surface area contributed by atoms with E-state index in [2.05, 4.69) is 20.1 Å². The van der Waals surface area contributed by atoms with Gasteiger partial charge in [-0.2, -0.15) is 23.3 Å². The lowest BCUT2D eigenvalue weighted by atomic mass is 10.2. The summed E-state index contributed by atoms with van der Waals surface area (Å²) in [6, 6.07) is 5.50. The van der Waals surface area contributed by atoms with Crippen molar-refractivity contribution in [2.24, 2.45) is 4.99 Å². The molecule has 28 heavy (non-hydrogen) atoms. The third kappa shape index (κ3) is 4.05. The number of aromatic nitrogens is 4. The molecule has 0 saturated carbocycles. The number of pyridine rings is 2. The summed E-state index contributed by atoms with van der Waals surface area (Å²) in [5, 5.41) is 4.16. The summed E-state index contributed by atoms with van der Waals surface area (Å²) in [5.74, 6) is -0.0825. The minimum absolute atomic E-state index is 0.191. The van der Waals surface area contributed by atoms with Crippen molar-refractivity contribution in [1.82, 2.24) is 19.7 Å². The molecule has 3 heterocycles. The SMILES string of the molecule is CC(=O)N=C(c1ccncc1-n1cccn1)N(C)c1ccc(C(F)(F)F)cn1. The quantitative estimate of drug-likeness (QED) is 0.509. The number of carbonyl (C=O) groups is 1. The zero-order valence-corrected chi connectivity index (χ0v) is 14.9. The summed E-state index contributed by atoms with van der Waals surface area (Å²) in [6.45, 7) is 1.28. The molecule has 0 spiro atoms. The fourth-order valence-electron chi connectivity index (χ4n) is 2.49. The summed E-state index contributed by atoms with van der Waals surface area (Å²) < 4.78 is 39.9. The van der Waals surface area contributed by atoms with E-state index in [9.17, 15) is 18.0 Å². The first-order valence-corrected chi connectivity index (χ1v) is 8.08. The summed E-state index contributed by atoms with van der Waals surface area (Å²) >= 11 is 0. The van der Waals surface area contributed by atoms with Crippen LogP contribution >= 0.6 is 0 Å². The van der Waals surface area contributed by atoms with E-state index in [0.717, 1.165) is 12.3 Å². The fraction of sp³-hybridized carbons (Fsp3) is 0.167. The lowest BCUT2D eigenvalue weighted by Gasteiger charge is -2.22. The van der Waals surface area contributed by atoms with Gasteiger partial charge in [-0.3, -0.25) is 9.78 Å². The van der Waals surface area contributed by atoms with Crippen molar-refractivity contribution in [3.63, 3.8) is 0 Å². The number of aliphatic imine (C=N–C) groups is 1. The lowest BCUT2D eigenvalue weighted by molar-refractivity contribution is -0.137. The molecule has 0 bridgehead atoms. The van der Waals surface area contributed by atoms with Gasteiger partial charge >= 0.3 is 6.18 Å². The van der Waals surface area contributed by atoms with Crippen molar-refractivity contribution in [1.29, 1.82) is 0 Å². The molecule has 7 nitrogen and oxygen atoms in total. The third-order valence-electron chi connectivity index (χ3n) is 3.79. The molecule has 0 unspecified atom stereocenters. The number of amidine groups is 1. The third-order valence-corrected chi connectivity index (χ3v) is 3.79. The minimum Gasteiger partial charge on any atom is -0.313 e. The van der Waals surface area contributed by atoms with Gasteiger partial charge in [0.2, 0.25) is 5.91 Å². The first-order chi connectivity index (χ1) is 13.3. The predicted octanol–water partition coefficient (Wildman–Crippen LogP) is 3.11. The van der Waals surface area contributed by atoms with Crippen LogP contribution in [0.5, 0.6) is 0 Å². The molecular formula is C18H15F3N6O. The van der Waals surface area contributed by atoms with Gasteiger partial charge in [0.1, 0.15) is 11.7 Å². The summed E-state index contributed by atoms with van der Waals surface area (Å²) in [5.41, 5.74) is 0.195. The first-order valence-electron chi connectivity index (χ1n) is 8.08. The second-order valence-corrected chi connectivity index (χ2v) is 5.76. The Morgan fingerprint density at radius 3 is 2.54 bits per heavy atom. The molecule has 0 aliphatic heterocycles. The average molecular weight is 388 g/mol. The zero-order valence-electron chi connectivity index (χ0n) is 14.9. The highest BCUT2D eigenvalue weighted by atomic mass is 19.4. The molecule has 0 aromatic carbocycles. The molecule has 3 aromatic heterocycles. The zero-order chi connectivity index (χ0) is 20.3. The molecule has 1 amide bonds. The van der Waals surface area contributed by atoms with Crippen molar-refractivity contribution >= 4 is 17.6 Å². The Bertz CT molecular complexity index is 997. The van der Waals surface area contributed by atoms with E-state index in [1.54, 1.807) is 42.5 Å². The summed E-state index contributed by atoms with van der Waals surface area (Å²) in [6.07, 6.45) is 2.59. The van der Waals surface area contributed by atoms with E-state index in [4.69, 9.17) is 0 Å². The molecule has 0 atom stereocenters. The van der Waals surface area contributed by atoms with Gasteiger partial charge in [0.05, 0.1) is 17.4 Å². The van der Waals surface area contributed by atoms with Gasteiger partial charge in [0.25, 0.3) is 0 Å². The molecule has 0 aliphatic rings. The van der Waals surface area contributed by atoms with Crippen LogP contribution in [0.3, 0.4) is 0 Å². The molecule has 0 aliphatic carbocycles. The van der Waals surface area contributed by atoms with Crippen LogP contribution in [0.2, 0.25) is 0 Å². The Hall–Kier alpha value is -3.56. The Morgan fingerprint density at radius 1 is 1.18 bits per heavy atom. The molecule has 0 saturated heterocycles. The average Bonchev–Trinajstić information content (AvgIpc) is 3.19. The second kappa shape index (κ2) is 7.59. The van der Waals surface area contributed by atoms with E-state index in [0.29, 0.717) is 11.3 Å². The van der Waals surface area contributed by atoms with Gasteiger partial charge in [-0.15, -0.1) is 0 Å². The lowest BCUT2D eigenvalue weighted by Crippen LogP contribution is -2.30. The normalized spacial score (nSPS) is 12.1. The molecule has 3 rings (SSSR count). The smallest absolute Gasteiger partial charge is 0.313 e.